The van der Waals surface area contributed by atoms with Gasteiger partial charge in [0.2, 0.25) is 5.89 Å². The average Bonchev–Trinajstić information content (AvgIpc) is 3.16. The van der Waals surface area contributed by atoms with Gasteiger partial charge in [-0.2, -0.15) is 0 Å². The van der Waals surface area contributed by atoms with Crippen molar-refractivity contribution >= 4 is 22.7 Å². The van der Waals surface area contributed by atoms with Crippen molar-refractivity contribution < 1.29 is 18.7 Å². The van der Waals surface area contributed by atoms with Gasteiger partial charge in [0.15, 0.2) is 12.2 Å². The zero-order valence-electron chi connectivity index (χ0n) is 16.1. The minimum atomic E-state index is -0.255. The Morgan fingerprint density at radius 3 is 2.66 bits per heavy atom. The molecule has 3 aromatic carbocycles. The number of aromatic nitrogens is 1. The summed E-state index contributed by atoms with van der Waals surface area (Å²) >= 11 is 0. The molecule has 4 rings (SSSR count). The number of rotatable bonds is 6. The van der Waals surface area contributed by atoms with E-state index < -0.39 is 0 Å². The molecule has 146 valence electrons. The highest BCUT2D eigenvalue weighted by Crippen LogP contribution is 2.32. The zero-order valence-corrected chi connectivity index (χ0v) is 16.1. The third-order valence-corrected chi connectivity index (χ3v) is 4.40. The zero-order chi connectivity index (χ0) is 20.2. The Kier molecular flexibility index (Phi) is 5.16. The molecule has 0 saturated carbocycles. The Balaban J connectivity index is 1.47. The largest absolute Gasteiger partial charge is 0.496 e. The molecule has 29 heavy (non-hydrogen) atoms. The highest BCUT2D eigenvalue weighted by Gasteiger charge is 2.13. The van der Waals surface area contributed by atoms with Crippen LogP contribution in [0, 0.1) is 6.92 Å². The Hall–Kier alpha value is -3.80. The Labute approximate surface area is 168 Å². The molecule has 0 aliphatic heterocycles. The van der Waals surface area contributed by atoms with Gasteiger partial charge in [-0.25, -0.2) is 4.98 Å². The van der Waals surface area contributed by atoms with Crippen LogP contribution in [0.5, 0.6) is 11.5 Å². The number of carbonyl (C=O) groups excluding carboxylic acids is 1. The second-order valence-electron chi connectivity index (χ2n) is 6.55. The molecule has 0 saturated heterocycles. The maximum Gasteiger partial charge on any atom is 0.262 e. The summed E-state index contributed by atoms with van der Waals surface area (Å²) in [5, 5.41) is 2.81. The lowest BCUT2D eigenvalue weighted by Gasteiger charge is -2.07. The monoisotopic (exact) mass is 388 g/mol. The molecule has 4 aromatic rings. The quantitative estimate of drug-likeness (QED) is 0.512. The van der Waals surface area contributed by atoms with Crippen LogP contribution in [0.4, 0.5) is 5.69 Å². The van der Waals surface area contributed by atoms with E-state index in [1.807, 2.05) is 55.5 Å². The third kappa shape index (κ3) is 4.21. The summed E-state index contributed by atoms with van der Waals surface area (Å²) < 4.78 is 16.8. The number of fused-ring (bicyclic) bond motifs is 1. The lowest BCUT2D eigenvalue weighted by molar-refractivity contribution is -0.118. The number of carbonyl (C=O) groups is 1. The molecule has 0 fully saturated rings. The van der Waals surface area contributed by atoms with E-state index in [1.165, 1.54) is 0 Å². The first kappa shape index (κ1) is 18.6. The fraction of sp³-hybridized carbons (Fsp3) is 0.130. The summed E-state index contributed by atoms with van der Waals surface area (Å²) in [6.07, 6.45) is 0. The van der Waals surface area contributed by atoms with E-state index in [0.717, 1.165) is 11.1 Å². The Bertz CT molecular complexity index is 1150. The summed E-state index contributed by atoms with van der Waals surface area (Å²) in [5.74, 6) is 1.54. The highest BCUT2D eigenvalue weighted by atomic mass is 16.5. The van der Waals surface area contributed by atoms with Gasteiger partial charge in [0.1, 0.15) is 17.0 Å². The fourth-order valence-corrected chi connectivity index (χ4v) is 2.92. The van der Waals surface area contributed by atoms with E-state index in [2.05, 4.69) is 10.3 Å². The number of amides is 1. The molecule has 0 spiro atoms. The maximum absolute atomic E-state index is 12.2. The van der Waals surface area contributed by atoms with E-state index in [0.29, 0.717) is 34.2 Å². The highest BCUT2D eigenvalue weighted by molar-refractivity contribution is 5.94. The van der Waals surface area contributed by atoms with Crippen molar-refractivity contribution in [2.24, 2.45) is 0 Å². The number of anilines is 1. The van der Waals surface area contributed by atoms with Crippen LogP contribution in [0.15, 0.2) is 71.1 Å². The van der Waals surface area contributed by atoms with Gasteiger partial charge in [0, 0.05) is 11.8 Å². The van der Waals surface area contributed by atoms with E-state index in [-0.39, 0.29) is 12.5 Å². The van der Waals surface area contributed by atoms with Gasteiger partial charge >= 0.3 is 0 Å². The molecular weight excluding hydrogens is 368 g/mol. The maximum atomic E-state index is 12.2. The number of hydrogen-bond donors (Lipinski definition) is 1. The first-order valence-electron chi connectivity index (χ1n) is 9.16. The van der Waals surface area contributed by atoms with Crippen molar-refractivity contribution in [3.05, 3.63) is 72.3 Å². The van der Waals surface area contributed by atoms with E-state index in [9.17, 15) is 4.79 Å². The van der Waals surface area contributed by atoms with Gasteiger partial charge in [-0.15, -0.1) is 0 Å². The van der Waals surface area contributed by atoms with Gasteiger partial charge in [-0.3, -0.25) is 4.79 Å². The molecule has 0 aliphatic carbocycles. The predicted molar refractivity (Wildman–Crippen MR) is 111 cm³/mol. The number of hydrogen-bond acceptors (Lipinski definition) is 5. The first-order valence-corrected chi connectivity index (χ1v) is 9.16. The second-order valence-corrected chi connectivity index (χ2v) is 6.55. The Morgan fingerprint density at radius 1 is 1.07 bits per heavy atom. The van der Waals surface area contributed by atoms with Crippen LogP contribution in [0.3, 0.4) is 0 Å². The minimum Gasteiger partial charge on any atom is -0.496 e. The molecule has 0 unspecified atom stereocenters. The van der Waals surface area contributed by atoms with Gasteiger partial charge in [-0.1, -0.05) is 29.8 Å². The SMILES string of the molecule is COc1ccccc1-c1nc2ccc(NC(=O)COc3ccc(C)cc3)cc2o1. The molecule has 1 amide bonds. The van der Waals surface area contributed by atoms with Crippen LogP contribution in [0.25, 0.3) is 22.6 Å². The van der Waals surface area contributed by atoms with E-state index >= 15 is 0 Å². The molecule has 1 aromatic heterocycles. The number of nitrogens with zero attached hydrogens (tertiary/aromatic N) is 1. The molecule has 0 radical (unpaired) electrons. The van der Waals surface area contributed by atoms with Crippen molar-refractivity contribution in [1.82, 2.24) is 4.98 Å². The molecular formula is C23H20N2O4. The van der Waals surface area contributed by atoms with Gasteiger partial charge in [-0.05, 0) is 43.3 Å². The number of nitrogens with one attached hydrogen (secondary N) is 1. The lowest BCUT2D eigenvalue weighted by atomic mass is 10.2. The fourth-order valence-electron chi connectivity index (χ4n) is 2.92. The normalized spacial score (nSPS) is 10.7. The topological polar surface area (TPSA) is 73.6 Å². The number of methoxy groups -OCH3 is 1. The van der Waals surface area contributed by atoms with Gasteiger partial charge in [0.25, 0.3) is 5.91 Å². The summed E-state index contributed by atoms with van der Waals surface area (Å²) in [5.41, 5.74) is 3.78. The van der Waals surface area contributed by atoms with Crippen LogP contribution in [-0.2, 0) is 4.79 Å². The van der Waals surface area contributed by atoms with Crippen molar-refractivity contribution in [1.29, 1.82) is 0 Å². The standard InChI is InChI=1S/C23H20N2O4/c1-15-7-10-17(11-8-15)28-14-22(26)24-16-9-12-19-21(13-16)29-23(25-19)18-5-3-4-6-20(18)27-2/h3-13H,14H2,1-2H3,(H,24,26). The van der Waals surface area contributed by atoms with Crippen LogP contribution in [0.2, 0.25) is 0 Å². The van der Waals surface area contributed by atoms with Crippen molar-refractivity contribution in [3.63, 3.8) is 0 Å². The van der Waals surface area contributed by atoms with Crippen molar-refractivity contribution in [2.45, 2.75) is 6.92 Å². The summed E-state index contributed by atoms with van der Waals surface area (Å²) in [7, 11) is 1.60. The number of ether oxygens (including phenoxy) is 2. The van der Waals surface area contributed by atoms with Gasteiger partial charge in [0.05, 0.1) is 12.7 Å². The molecule has 1 N–H and O–H groups in total. The number of aryl methyl sites for hydroxylation is 1. The second kappa shape index (κ2) is 8.06. The number of benzene rings is 3. The first-order chi connectivity index (χ1) is 14.1. The average molecular weight is 388 g/mol. The molecule has 1 heterocycles. The molecule has 0 aliphatic rings. The Morgan fingerprint density at radius 2 is 1.86 bits per heavy atom. The lowest BCUT2D eigenvalue weighted by Crippen LogP contribution is -2.20. The number of oxazole rings is 1. The van der Waals surface area contributed by atoms with E-state index in [1.54, 1.807) is 25.3 Å². The molecule has 0 bridgehead atoms. The van der Waals surface area contributed by atoms with Crippen LogP contribution < -0.4 is 14.8 Å². The van der Waals surface area contributed by atoms with Gasteiger partial charge < -0.3 is 19.2 Å². The van der Waals surface area contributed by atoms with Crippen LogP contribution >= 0.6 is 0 Å². The molecule has 0 atom stereocenters. The minimum absolute atomic E-state index is 0.0794. The summed E-state index contributed by atoms with van der Waals surface area (Å²) in [6.45, 7) is 1.92. The molecule has 6 nitrogen and oxygen atoms in total. The van der Waals surface area contributed by atoms with Crippen LogP contribution in [0.1, 0.15) is 5.56 Å². The third-order valence-electron chi connectivity index (χ3n) is 4.40. The molecule has 6 heteroatoms. The summed E-state index contributed by atoms with van der Waals surface area (Å²) in [6, 6.07) is 20.4. The smallest absolute Gasteiger partial charge is 0.262 e. The van der Waals surface area contributed by atoms with E-state index in [4.69, 9.17) is 13.9 Å². The van der Waals surface area contributed by atoms with Crippen molar-refractivity contribution in [2.75, 3.05) is 19.0 Å². The van der Waals surface area contributed by atoms with Crippen molar-refractivity contribution in [3.8, 4) is 23.0 Å². The summed E-state index contributed by atoms with van der Waals surface area (Å²) in [4.78, 5) is 16.7. The predicted octanol–water partition coefficient (Wildman–Crippen LogP) is 4.83. The number of para-hydroxylation sites is 1. The van der Waals surface area contributed by atoms with Crippen LogP contribution in [-0.4, -0.2) is 24.6 Å².